The van der Waals surface area contributed by atoms with Gasteiger partial charge in [-0.15, -0.1) is 0 Å². The number of hydrogen-bond donors (Lipinski definition) is 1. The van der Waals surface area contributed by atoms with Gasteiger partial charge in [0.2, 0.25) is 5.75 Å². The molecule has 174 valence electrons. The van der Waals surface area contributed by atoms with Crippen molar-refractivity contribution in [1.82, 2.24) is 0 Å². The van der Waals surface area contributed by atoms with Gasteiger partial charge in [0.1, 0.15) is 0 Å². The third-order valence-corrected chi connectivity index (χ3v) is 7.75. The minimum absolute atomic E-state index is 0.0427. The minimum Gasteiger partial charge on any atom is -0.493 e. The maximum absolute atomic E-state index is 13.7. The average molecular weight is 469 g/mol. The number of rotatable bonds is 7. The van der Waals surface area contributed by atoms with Crippen LogP contribution in [0, 0.1) is 0 Å². The first-order chi connectivity index (χ1) is 15.6. The number of carbonyl (C=O) groups is 2. The van der Waals surface area contributed by atoms with Crippen LogP contribution < -0.4 is 14.2 Å². The maximum Gasteiger partial charge on any atom is 0.336 e. The number of ether oxygens (including phenoxy) is 3. The van der Waals surface area contributed by atoms with E-state index in [-0.39, 0.29) is 11.3 Å². The highest BCUT2D eigenvalue weighted by atomic mass is 32.2. The molecule has 0 amide bonds. The Bertz CT molecular complexity index is 1190. The number of aromatic carboxylic acids is 1. The third kappa shape index (κ3) is 3.91. The molecule has 0 spiro atoms. The number of thioether (sulfide) groups is 1. The molecule has 33 heavy (non-hydrogen) atoms. The number of carbonyl (C=O) groups excluding carboxylic acids is 1. The molecule has 0 fully saturated rings. The summed E-state index contributed by atoms with van der Waals surface area (Å²) in [6, 6.07) is 10.4. The second kappa shape index (κ2) is 9.35. The average Bonchev–Trinajstić information content (AvgIpc) is 2.83. The highest BCUT2D eigenvalue weighted by Crippen LogP contribution is 2.53. The van der Waals surface area contributed by atoms with Crippen LogP contribution in [0.3, 0.4) is 0 Å². The summed E-state index contributed by atoms with van der Waals surface area (Å²) in [4.78, 5) is 27.0. The zero-order chi connectivity index (χ0) is 24.5. The molecule has 0 heterocycles. The molecule has 0 aromatic heterocycles. The monoisotopic (exact) mass is 468 g/mol. The number of Topliss-reactive ketones (excluding diaryl/α,β-unsaturated/α-hetero) is 1. The Morgan fingerprint density at radius 1 is 0.909 bits per heavy atom. The lowest BCUT2D eigenvalue weighted by atomic mass is 9.67. The summed E-state index contributed by atoms with van der Waals surface area (Å²) < 4.78 is 16.7. The van der Waals surface area contributed by atoms with Crippen molar-refractivity contribution in [3.63, 3.8) is 0 Å². The molecule has 6 nitrogen and oxygen atoms in total. The predicted octanol–water partition coefficient (Wildman–Crippen LogP) is 5.65. The Labute approximate surface area is 198 Å². The maximum atomic E-state index is 13.7. The highest BCUT2D eigenvalue weighted by Gasteiger charge is 2.45. The summed E-state index contributed by atoms with van der Waals surface area (Å²) in [6.45, 7) is 7.48. The number of methoxy groups -OCH3 is 3. The fourth-order valence-electron chi connectivity index (χ4n) is 4.21. The number of hydrogen-bond acceptors (Lipinski definition) is 6. The van der Waals surface area contributed by atoms with Gasteiger partial charge in [-0.25, -0.2) is 4.79 Å². The molecule has 1 atom stereocenters. The van der Waals surface area contributed by atoms with Crippen LogP contribution >= 0.6 is 11.8 Å². The molecule has 0 radical (unpaired) electrons. The lowest BCUT2D eigenvalue weighted by Crippen LogP contribution is -2.38. The molecule has 7 heteroatoms. The zero-order valence-electron chi connectivity index (χ0n) is 19.9. The number of benzene rings is 2. The first-order valence-corrected chi connectivity index (χ1v) is 11.2. The molecule has 1 aliphatic carbocycles. The number of carboxylic acids is 1. The van der Waals surface area contributed by atoms with Gasteiger partial charge in [0, 0.05) is 15.4 Å². The van der Waals surface area contributed by atoms with Crippen molar-refractivity contribution in [2.24, 2.45) is 0 Å². The van der Waals surface area contributed by atoms with Crippen LogP contribution in [0.1, 0.15) is 43.6 Å². The van der Waals surface area contributed by atoms with Crippen molar-refractivity contribution >= 4 is 23.5 Å². The number of allylic oxidation sites excluding steroid dienone is 3. The molecular formula is C26H28O6S. The Morgan fingerprint density at radius 3 is 2.12 bits per heavy atom. The zero-order valence-corrected chi connectivity index (χ0v) is 20.7. The molecular weight excluding hydrogens is 440 g/mol. The summed E-state index contributed by atoms with van der Waals surface area (Å²) in [5, 5.41) is 9.64. The molecule has 0 saturated heterocycles. The number of ketones is 1. The van der Waals surface area contributed by atoms with Crippen LogP contribution in [0.5, 0.6) is 17.2 Å². The van der Waals surface area contributed by atoms with Crippen LogP contribution in [0.2, 0.25) is 0 Å². The van der Waals surface area contributed by atoms with Crippen molar-refractivity contribution in [1.29, 1.82) is 0 Å². The SMILES string of the molecule is COc1ccc(C2(C)C(=O)C(C)=C(C)C(Sc3ccccc3C(=O)O)=C2C)c(OC)c1OC. The van der Waals surface area contributed by atoms with Crippen molar-refractivity contribution in [3.8, 4) is 17.2 Å². The van der Waals surface area contributed by atoms with E-state index < -0.39 is 11.4 Å². The molecule has 1 unspecified atom stereocenters. The largest absolute Gasteiger partial charge is 0.493 e. The molecule has 0 aliphatic heterocycles. The standard InChI is InChI=1S/C26H28O6S/c1-14-15(2)24(27)26(4,18-12-13-19(30-5)22(32-7)21(18)31-6)16(3)23(14)33-20-11-9-8-10-17(20)25(28)29/h8-13H,1-7H3,(H,28,29). The highest BCUT2D eigenvalue weighted by molar-refractivity contribution is 8.03. The quantitative estimate of drug-likeness (QED) is 0.562. The molecule has 0 saturated carbocycles. The molecule has 1 aliphatic rings. The first kappa shape index (κ1) is 24.5. The summed E-state index contributed by atoms with van der Waals surface area (Å²) in [7, 11) is 4.60. The van der Waals surface area contributed by atoms with Gasteiger partial charge >= 0.3 is 5.97 Å². The van der Waals surface area contributed by atoms with E-state index in [1.165, 1.54) is 26.0 Å². The van der Waals surface area contributed by atoms with Gasteiger partial charge in [0.15, 0.2) is 17.3 Å². The van der Waals surface area contributed by atoms with Crippen molar-refractivity contribution in [2.75, 3.05) is 21.3 Å². The van der Waals surface area contributed by atoms with E-state index in [9.17, 15) is 14.7 Å². The summed E-state index contributed by atoms with van der Waals surface area (Å²) >= 11 is 1.36. The molecule has 3 rings (SSSR count). The van der Waals surface area contributed by atoms with E-state index in [0.717, 1.165) is 16.1 Å². The molecule has 2 aromatic rings. The predicted molar refractivity (Wildman–Crippen MR) is 129 cm³/mol. The van der Waals surface area contributed by atoms with Crippen molar-refractivity contribution < 1.29 is 28.9 Å². The van der Waals surface area contributed by atoms with Gasteiger partial charge in [-0.1, -0.05) is 30.0 Å². The Hall–Kier alpha value is -3.19. The summed E-state index contributed by atoms with van der Waals surface area (Å²) in [6.07, 6.45) is 0. The first-order valence-electron chi connectivity index (χ1n) is 10.4. The molecule has 2 aromatic carbocycles. The second-order valence-electron chi connectivity index (χ2n) is 7.94. The number of carboxylic acid groups (broad SMARTS) is 1. The van der Waals surface area contributed by atoms with Gasteiger partial charge in [0.05, 0.1) is 32.3 Å². The van der Waals surface area contributed by atoms with Crippen LogP contribution in [-0.2, 0) is 10.2 Å². The van der Waals surface area contributed by atoms with Crippen LogP contribution in [0.15, 0.2) is 62.9 Å². The fourth-order valence-corrected chi connectivity index (χ4v) is 5.50. The summed E-state index contributed by atoms with van der Waals surface area (Å²) in [5.74, 6) is 0.299. The van der Waals surface area contributed by atoms with Crippen molar-refractivity contribution in [3.05, 3.63) is 69.1 Å². The second-order valence-corrected chi connectivity index (χ2v) is 9.00. The summed E-state index contributed by atoms with van der Waals surface area (Å²) in [5.41, 5.74) is 2.09. The van der Waals surface area contributed by atoms with E-state index in [1.807, 2.05) is 26.8 Å². The Balaban J connectivity index is 2.28. The molecule has 1 N–H and O–H groups in total. The lowest BCUT2D eigenvalue weighted by molar-refractivity contribution is -0.119. The lowest BCUT2D eigenvalue weighted by Gasteiger charge is -2.37. The van der Waals surface area contributed by atoms with Gasteiger partial charge in [0.25, 0.3) is 0 Å². The van der Waals surface area contributed by atoms with E-state index in [1.54, 1.807) is 44.4 Å². The van der Waals surface area contributed by atoms with Crippen LogP contribution in [-0.4, -0.2) is 38.2 Å². The van der Waals surface area contributed by atoms with Crippen LogP contribution in [0.25, 0.3) is 0 Å². The van der Waals surface area contributed by atoms with E-state index >= 15 is 0 Å². The van der Waals surface area contributed by atoms with Gasteiger partial charge < -0.3 is 19.3 Å². The normalized spacial score (nSPS) is 18.5. The van der Waals surface area contributed by atoms with E-state index in [4.69, 9.17) is 14.2 Å². The third-order valence-electron chi connectivity index (χ3n) is 6.36. The van der Waals surface area contributed by atoms with Gasteiger partial charge in [-0.3, -0.25) is 4.79 Å². The van der Waals surface area contributed by atoms with Crippen LogP contribution in [0.4, 0.5) is 0 Å². The van der Waals surface area contributed by atoms with Crippen molar-refractivity contribution in [2.45, 2.75) is 38.0 Å². The van der Waals surface area contributed by atoms with Gasteiger partial charge in [-0.2, -0.15) is 0 Å². The molecule has 0 bridgehead atoms. The van der Waals surface area contributed by atoms with Gasteiger partial charge in [-0.05, 0) is 62.6 Å². The minimum atomic E-state index is -1.05. The Kier molecular flexibility index (Phi) is 6.93. The van der Waals surface area contributed by atoms with E-state index in [2.05, 4.69) is 0 Å². The van der Waals surface area contributed by atoms with E-state index in [0.29, 0.717) is 33.3 Å². The smallest absolute Gasteiger partial charge is 0.336 e. The fraction of sp³-hybridized carbons (Fsp3) is 0.308. The Morgan fingerprint density at radius 2 is 1.55 bits per heavy atom. The topological polar surface area (TPSA) is 82.1 Å².